The lowest BCUT2D eigenvalue weighted by molar-refractivity contribution is -0.132. The van der Waals surface area contributed by atoms with Crippen LogP contribution in [0.25, 0.3) is 0 Å². The monoisotopic (exact) mass is 277 g/mol. The van der Waals surface area contributed by atoms with Gasteiger partial charge in [-0.3, -0.25) is 4.90 Å². The van der Waals surface area contributed by atoms with E-state index in [1.807, 2.05) is 6.07 Å². The number of benzene rings is 1. The largest absolute Gasteiger partial charge is 0.504 e. The first-order chi connectivity index (χ1) is 9.51. The second-order valence-electron chi connectivity index (χ2n) is 5.05. The predicted octanol–water partition coefficient (Wildman–Crippen LogP) is 2.01. The normalized spacial score (nSPS) is 14.3. The number of hydrogen-bond acceptors (Lipinski definition) is 4. The molecule has 108 valence electrons. The van der Waals surface area contributed by atoms with Crippen molar-refractivity contribution in [2.75, 3.05) is 13.7 Å². The second-order valence-corrected chi connectivity index (χ2v) is 5.05. The molecule has 0 spiro atoms. The Morgan fingerprint density at radius 2 is 2.20 bits per heavy atom. The van der Waals surface area contributed by atoms with Crippen molar-refractivity contribution in [1.29, 1.82) is 0 Å². The summed E-state index contributed by atoms with van der Waals surface area (Å²) in [6.07, 6.45) is 2.17. The summed E-state index contributed by atoms with van der Waals surface area (Å²) in [5.74, 6) is -0.432. The molecule has 0 unspecified atom stereocenters. The van der Waals surface area contributed by atoms with E-state index in [4.69, 9.17) is 9.84 Å². The van der Waals surface area contributed by atoms with E-state index in [0.717, 1.165) is 18.4 Å². The van der Waals surface area contributed by atoms with Crippen molar-refractivity contribution in [2.24, 2.45) is 0 Å². The third kappa shape index (κ3) is 3.51. The maximum absolute atomic E-state index is 10.9. The van der Waals surface area contributed by atoms with E-state index in [-0.39, 0.29) is 11.3 Å². The first kappa shape index (κ1) is 14.4. The molecule has 0 aromatic heterocycles. The van der Waals surface area contributed by atoms with Gasteiger partial charge in [0.05, 0.1) is 7.11 Å². The SMILES string of the molecule is C=C(CN(Cc1ccc(O)c(OC)c1)C1CC1)C(=O)O. The van der Waals surface area contributed by atoms with Gasteiger partial charge < -0.3 is 14.9 Å². The highest BCUT2D eigenvalue weighted by Gasteiger charge is 2.30. The lowest BCUT2D eigenvalue weighted by atomic mass is 10.1. The highest BCUT2D eigenvalue weighted by Crippen LogP contribution is 2.31. The van der Waals surface area contributed by atoms with Crippen LogP contribution in [0, 0.1) is 0 Å². The molecule has 1 aliphatic carbocycles. The van der Waals surface area contributed by atoms with Crippen LogP contribution in [0.3, 0.4) is 0 Å². The number of ether oxygens (including phenoxy) is 1. The average Bonchev–Trinajstić information content (AvgIpc) is 3.24. The molecule has 0 heterocycles. The molecule has 0 amide bonds. The van der Waals surface area contributed by atoms with Gasteiger partial charge in [0.1, 0.15) is 0 Å². The summed E-state index contributed by atoms with van der Waals surface area (Å²) in [4.78, 5) is 13.0. The molecule has 0 atom stereocenters. The minimum Gasteiger partial charge on any atom is -0.504 e. The number of carboxylic acid groups (broad SMARTS) is 1. The van der Waals surface area contributed by atoms with Crippen molar-refractivity contribution in [3.05, 3.63) is 35.9 Å². The van der Waals surface area contributed by atoms with Crippen molar-refractivity contribution in [3.63, 3.8) is 0 Å². The molecule has 20 heavy (non-hydrogen) atoms. The molecule has 0 aliphatic heterocycles. The number of aliphatic carboxylic acids is 1. The molecule has 2 N–H and O–H groups in total. The van der Waals surface area contributed by atoms with E-state index in [9.17, 15) is 9.90 Å². The van der Waals surface area contributed by atoms with Gasteiger partial charge in [-0.05, 0) is 30.5 Å². The van der Waals surface area contributed by atoms with Gasteiger partial charge in [0.2, 0.25) is 0 Å². The molecule has 5 nitrogen and oxygen atoms in total. The van der Waals surface area contributed by atoms with E-state index < -0.39 is 5.97 Å². The number of phenols is 1. The van der Waals surface area contributed by atoms with Crippen LogP contribution in [0.1, 0.15) is 18.4 Å². The van der Waals surface area contributed by atoms with Crippen LogP contribution in [-0.2, 0) is 11.3 Å². The number of carbonyl (C=O) groups is 1. The minimum atomic E-state index is -0.959. The number of rotatable bonds is 7. The molecule has 1 aliphatic rings. The zero-order chi connectivity index (χ0) is 14.7. The van der Waals surface area contributed by atoms with Gasteiger partial charge in [0.25, 0.3) is 0 Å². The van der Waals surface area contributed by atoms with E-state index >= 15 is 0 Å². The lowest BCUT2D eigenvalue weighted by Gasteiger charge is -2.22. The zero-order valence-electron chi connectivity index (χ0n) is 11.5. The Kier molecular flexibility index (Phi) is 4.29. The average molecular weight is 277 g/mol. The van der Waals surface area contributed by atoms with Gasteiger partial charge in [-0.2, -0.15) is 0 Å². The third-order valence-corrected chi connectivity index (χ3v) is 3.39. The van der Waals surface area contributed by atoms with E-state index in [1.165, 1.54) is 7.11 Å². The Balaban J connectivity index is 2.08. The fraction of sp³-hybridized carbons (Fsp3) is 0.400. The Morgan fingerprint density at radius 3 is 2.75 bits per heavy atom. The molecule has 5 heteroatoms. The molecular weight excluding hydrogens is 258 g/mol. The van der Waals surface area contributed by atoms with E-state index in [2.05, 4.69) is 11.5 Å². The molecule has 0 radical (unpaired) electrons. The maximum atomic E-state index is 10.9. The smallest absolute Gasteiger partial charge is 0.332 e. The summed E-state index contributed by atoms with van der Waals surface area (Å²) in [6, 6.07) is 5.60. The summed E-state index contributed by atoms with van der Waals surface area (Å²) >= 11 is 0. The van der Waals surface area contributed by atoms with Crippen LogP contribution >= 0.6 is 0 Å². The molecule has 1 aromatic carbocycles. The Bertz CT molecular complexity index is 523. The number of methoxy groups -OCH3 is 1. The summed E-state index contributed by atoms with van der Waals surface area (Å²) < 4.78 is 5.08. The van der Waals surface area contributed by atoms with Crippen LogP contribution < -0.4 is 4.74 Å². The number of hydrogen-bond donors (Lipinski definition) is 2. The van der Waals surface area contributed by atoms with E-state index in [0.29, 0.717) is 24.9 Å². The molecule has 1 aromatic rings. The summed E-state index contributed by atoms with van der Waals surface area (Å²) in [5.41, 5.74) is 1.17. The van der Waals surface area contributed by atoms with Crippen molar-refractivity contribution >= 4 is 5.97 Å². The number of phenolic OH excluding ortho intramolecular Hbond substituents is 1. The van der Waals surface area contributed by atoms with Gasteiger partial charge >= 0.3 is 5.97 Å². The molecule has 2 rings (SSSR count). The van der Waals surface area contributed by atoms with Crippen molar-refractivity contribution in [2.45, 2.75) is 25.4 Å². The van der Waals surface area contributed by atoms with Crippen molar-refractivity contribution in [1.82, 2.24) is 4.90 Å². The molecular formula is C15H19NO4. The molecule has 1 saturated carbocycles. The first-order valence-electron chi connectivity index (χ1n) is 6.52. The van der Waals surface area contributed by atoms with Gasteiger partial charge in [-0.1, -0.05) is 12.6 Å². The van der Waals surface area contributed by atoms with Crippen LogP contribution in [0.2, 0.25) is 0 Å². The van der Waals surface area contributed by atoms with Crippen LogP contribution in [0.5, 0.6) is 11.5 Å². The van der Waals surface area contributed by atoms with Crippen molar-refractivity contribution < 1.29 is 19.7 Å². The number of nitrogens with zero attached hydrogens (tertiary/aromatic N) is 1. The van der Waals surface area contributed by atoms with Crippen LogP contribution in [-0.4, -0.2) is 40.8 Å². The minimum absolute atomic E-state index is 0.101. The molecule has 0 bridgehead atoms. The third-order valence-electron chi connectivity index (χ3n) is 3.39. The standard InChI is InChI=1S/C15H19NO4/c1-10(15(18)19)8-16(12-4-5-12)9-11-3-6-13(17)14(7-11)20-2/h3,6-7,12,17H,1,4-5,8-9H2,2H3,(H,18,19). The second kappa shape index (κ2) is 5.96. The predicted molar refractivity (Wildman–Crippen MR) is 74.9 cm³/mol. The van der Waals surface area contributed by atoms with Gasteiger partial charge in [0.15, 0.2) is 11.5 Å². The number of aromatic hydroxyl groups is 1. The van der Waals surface area contributed by atoms with Crippen LogP contribution in [0.4, 0.5) is 0 Å². The molecule has 0 saturated heterocycles. The summed E-state index contributed by atoms with van der Waals surface area (Å²) in [6.45, 7) is 4.56. The fourth-order valence-electron chi connectivity index (χ4n) is 2.12. The highest BCUT2D eigenvalue weighted by molar-refractivity contribution is 5.86. The van der Waals surface area contributed by atoms with Crippen molar-refractivity contribution in [3.8, 4) is 11.5 Å². The Hall–Kier alpha value is -2.01. The summed E-state index contributed by atoms with van der Waals surface area (Å²) in [5, 5.41) is 18.5. The zero-order valence-corrected chi connectivity index (χ0v) is 11.5. The van der Waals surface area contributed by atoms with Gasteiger partial charge in [0, 0.05) is 24.7 Å². The number of carboxylic acids is 1. The van der Waals surface area contributed by atoms with Crippen LogP contribution in [0.15, 0.2) is 30.4 Å². The summed E-state index contributed by atoms with van der Waals surface area (Å²) in [7, 11) is 1.50. The molecule has 1 fully saturated rings. The highest BCUT2D eigenvalue weighted by atomic mass is 16.5. The van der Waals surface area contributed by atoms with Gasteiger partial charge in [-0.25, -0.2) is 4.79 Å². The quantitative estimate of drug-likeness (QED) is 0.746. The Labute approximate surface area is 118 Å². The topological polar surface area (TPSA) is 70.0 Å². The lowest BCUT2D eigenvalue weighted by Crippen LogP contribution is -2.29. The van der Waals surface area contributed by atoms with Gasteiger partial charge in [-0.15, -0.1) is 0 Å². The van der Waals surface area contributed by atoms with E-state index in [1.54, 1.807) is 12.1 Å². The maximum Gasteiger partial charge on any atom is 0.332 e. The Morgan fingerprint density at radius 1 is 1.50 bits per heavy atom. The first-order valence-corrected chi connectivity index (χ1v) is 6.52. The fourth-order valence-corrected chi connectivity index (χ4v) is 2.12.